The second-order valence-electron chi connectivity index (χ2n) is 6.99. The number of hydrogen-bond donors (Lipinski definition) is 3. The van der Waals surface area contributed by atoms with Crippen molar-refractivity contribution in [2.24, 2.45) is 0 Å². The predicted molar refractivity (Wildman–Crippen MR) is 90.1 cm³/mol. The minimum absolute atomic E-state index is 0.0525. The van der Waals surface area contributed by atoms with E-state index < -0.39 is 0 Å². The second kappa shape index (κ2) is 6.77. The molecule has 0 radical (unpaired) electrons. The summed E-state index contributed by atoms with van der Waals surface area (Å²) >= 11 is 5.92. The number of rotatable bonds is 3. The zero-order chi connectivity index (χ0) is 16.4. The molecule has 0 spiro atoms. The molecule has 23 heavy (non-hydrogen) atoms. The molecule has 2 fully saturated rings. The summed E-state index contributed by atoms with van der Waals surface area (Å²) in [6.45, 7) is 4.83. The summed E-state index contributed by atoms with van der Waals surface area (Å²) in [4.78, 5) is 12.5. The Balaban J connectivity index is 1.54. The van der Waals surface area contributed by atoms with Crippen LogP contribution in [0.3, 0.4) is 0 Å². The lowest BCUT2D eigenvalue weighted by Gasteiger charge is -2.36. The number of ether oxygens (including phenoxy) is 1. The largest absolute Gasteiger partial charge is 0.375 e. The van der Waals surface area contributed by atoms with Crippen molar-refractivity contribution in [2.45, 2.75) is 56.8 Å². The Labute approximate surface area is 142 Å². The Bertz CT molecular complexity index is 561. The van der Waals surface area contributed by atoms with E-state index in [4.69, 9.17) is 16.3 Å². The lowest BCUT2D eigenvalue weighted by Crippen LogP contribution is -2.51. The van der Waals surface area contributed by atoms with Gasteiger partial charge in [-0.05, 0) is 50.8 Å². The summed E-state index contributed by atoms with van der Waals surface area (Å²) in [6.07, 6.45) is 2.44. The van der Waals surface area contributed by atoms with Gasteiger partial charge in [-0.25, -0.2) is 10.9 Å². The molecule has 2 aliphatic heterocycles. The van der Waals surface area contributed by atoms with Gasteiger partial charge in [-0.15, -0.1) is 0 Å². The van der Waals surface area contributed by atoms with Gasteiger partial charge in [-0.3, -0.25) is 4.79 Å². The Morgan fingerprint density at radius 3 is 2.74 bits per heavy atom. The Kier molecular flexibility index (Phi) is 4.92. The molecule has 3 atom stereocenters. The molecule has 2 saturated heterocycles. The molecule has 0 aromatic heterocycles. The number of halogens is 1. The van der Waals surface area contributed by atoms with E-state index >= 15 is 0 Å². The van der Waals surface area contributed by atoms with Gasteiger partial charge >= 0.3 is 0 Å². The summed E-state index contributed by atoms with van der Waals surface area (Å²) < 4.78 is 5.70. The average molecular weight is 338 g/mol. The summed E-state index contributed by atoms with van der Waals surface area (Å²) in [5.74, 6) is 0.0525. The number of benzene rings is 1. The molecule has 1 aromatic carbocycles. The van der Waals surface area contributed by atoms with Crippen molar-refractivity contribution in [1.82, 2.24) is 16.2 Å². The molecule has 6 heteroatoms. The topological polar surface area (TPSA) is 62.4 Å². The maximum Gasteiger partial charge on any atom is 0.238 e. The third-order valence-corrected chi connectivity index (χ3v) is 4.79. The highest BCUT2D eigenvalue weighted by Gasteiger charge is 2.34. The third kappa shape index (κ3) is 4.23. The van der Waals surface area contributed by atoms with E-state index in [0.717, 1.165) is 29.8 Å². The van der Waals surface area contributed by atoms with E-state index in [-0.39, 0.29) is 29.6 Å². The fourth-order valence-electron chi connectivity index (χ4n) is 3.30. The van der Waals surface area contributed by atoms with Crippen molar-refractivity contribution in [3.05, 3.63) is 34.9 Å². The van der Waals surface area contributed by atoms with Gasteiger partial charge in [0.15, 0.2) is 0 Å². The first kappa shape index (κ1) is 16.7. The van der Waals surface area contributed by atoms with Crippen LogP contribution in [-0.4, -0.2) is 30.2 Å². The minimum Gasteiger partial charge on any atom is -0.375 e. The zero-order valence-electron chi connectivity index (χ0n) is 13.6. The highest BCUT2D eigenvalue weighted by atomic mass is 35.5. The van der Waals surface area contributed by atoms with E-state index in [1.165, 1.54) is 0 Å². The molecule has 2 heterocycles. The fourth-order valence-corrected chi connectivity index (χ4v) is 3.42. The fraction of sp³-hybridized carbons (Fsp3) is 0.588. The van der Waals surface area contributed by atoms with E-state index in [0.29, 0.717) is 6.61 Å². The molecule has 3 unspecified atom stereocenters. The molecule has 0 aliphatic carbocycles. The van der Waals surface area contributed by atoms with Crippen molar-refractivity contribution in [1.29, 1.82) is 0 Å². The van der Waals surface area contributed by atoms with Crippen LogP contribution in [0.15, 0.2) is 24.3 Å². The first-order chi connectivity index (χ1) is 10.9. The van der Waals surface area contributed by atoms with Crippen molar-refractivity contribution < 1.29 is 9.53 Å². The highest BCUT2D eigenvalue weighted by molar-refractivity contribution is 6.30. The van der Waals surface area contributed by atoms with Crippen LogP contribution in [0.4, 0.5) is 0 Å². The molecule has 2 aliphatic rings. The van der Waals surface area contributed by atoms with E-state index in [1.807, 2.05) is 24.3 Å². The summed E-state index contributed by atoms with van der Waals surface area (Å²) in [5.41, 5.74) is 7.27. The average Bonchev–Trinajstić information content (AvgIpc) is 2.97. The summed E-state index contributed by atoms with van der Waals surface area (Å²) in [7, 11) is 0. The van der Waals surface area contributed by atoms with Gasteiger partial charge in [0, 0.05) is 23.7 Å². The molecule has 1 amide bonds. The van der Waals surface area contributed by atoms with Crippen LogP contribution in [0.5, 0.6) is 0 Å². The van der Waals surface area contributed by atoms with Crippen LogP contribution in [-0.2, 0) is 9.53 Å². The lowest BCUT2D eigenvalue weighted by molar-refractivity contribution is -0.125. The molecule has 0 bridgehead atoms. The molecule has 3 rings (SSSR count). The quantitative estimate of drug-likeness (QED) is 0.792. The number of hydrogen-bond acceptors (Lipinski definition) is 4. The van der Waals surface area contributed by atoms with E-state index in [1.54, 1.807) is 0 Å². The van der Waals surface area contributed by atoms with Crippen molar-refractivity contribution in [2.75, 3.05) is 6.61 Å². The van der Waals surface area contributed by atoms with Gasteiger partial charge in [0.25, 0.3) is 0 Å². The smallest absolute Gasteiger partial charge is 0.238 e. The van der Waals surface area contributed by atoms with E-state index in [2.05, 4.69) is 30.0 Å². The van der Waals surface area contributed by atoms with Crippen LogP contribution in [0.25, 0.3) is 0 Å². The maximum absolute atomic E-state index is 12.5. The van der Waals surface area contributed by atoms with Gasteiger partial charge < -0.3 is 10.1 Å². The second-order valence-corrected chi connectivity index (χ2v) is 7.42. The van der Waals surface area contributed by atoms with Crippen LogP contribution in [0, 0.1) is 0 Å². The zero-order valence-corrected chi connectivity index (χ0v) is 14.3. The van der Waals surface area contributed by atoms with Gasteiger partial charge in [-0.1, -0.05) is 23.7 Å². The molecule has 3 N–H and O–H groups in total. The normalized spacial score (nSPS) is 30.1. The summed E-state index contributed by atoms with van der Waals surface area (Å²) in [6, 6.07) is 7.80. The van der Waals surface area contributed by atoms with Gasteiger partial charge in [0.2, 0.25) is 5.91 Å². The Morgan fingerprint density at radius 2 is 2.04 bits per heavy atom. The number of carbonyl (C=O) groups is 1. The van der Waals surface area contributed by atoms with Gasteiger partial charge in [0.05, 0.1) is 5.60 Å². The highest BCUT2D eigenvalue weighted by Crippen LogP contribution is 2.26. The van der Waals surface area contributed by atoms with Gasteiger partial charge in [-0.2, -0.15) is 0 Å². The summed E-state index contributed by atoms with van der Waals surface area (Å²) in [5, 5.41) is 3.87. The molecule has 126 valence electrons. The van der Waals surface area contributed by atoms with E-state index in [9.17, 15) is 4.79 Å². The monoisotopic (exact) mass is 337 g/mol. The minimum atomic E-state index is -0.221. The Morgan fingerprint density at radius 1 is 1.30 bits per heavy atom. The molecule has 1 aromatic rings. The van der Waals surface area contributed by atoms with Crippen LogP contribution < -0.4 is 16.2 Å². The third-order valence-electron chi connectivity index (χ3n) is 4.54. The maximum atomic E-state index is 12.5. The SMILES string of the molecule is CC1(C)CC(NC(=O)C2CC(c3ccc(Cl)cc3)NN2)CCO1. The number of carbonyl (C=O) groups excluding carboxylic acids is 1. The standard InChI is InChI=1S/C17H24ClN3O2/c1-17(2)10-13(7-8-23-17)19-16(22)15-9-14(20-21-15)11-3-5-12(18)6-4-11/h3-6,13-15,20-21H,7-10H2,1-2H3,(H,19,22). The Hall–Kier alpha value is -1.14. The number of nitrogens with one attached hydrogen (secondary N) is 3. The van der Waals surface area contributed by atoms with Crippen LogP contribution >= 0.6 is 11.6 Å². The van der Waals surface area contributed by atoms with Crippen molar-refractivity contribution in [3.63, 3.8) is 0 Å². The molecular formula is C17H24ClN3O2. The molecule has 5 nitrogen and oxygen atoms in total. The number of hydrazine groups is 1. The predicted octanol–water partition coefficient (Wildman–Crippen LogP) is 2.32. The van der Waals surface area contributed by atoms with Crippen LogP contribution in [0.1, 0.15) is 44.7 Å². The molecule has 0 saturated carbocycles. The van der Waals surface area contributed by atoms with Crippen molar-refractivity contribution >= 4 is 17.5 Å². The molecular weight excluding hydrogens is 314 g/mol. The number of amides is 1. The lowest BCUT2D eigenvalue weighted by atomic mass is 9.93. The first-order valence-electron chi connectivity index (χ1n) is 8.14. The van der Waals surface area contributed by atoms with Gasteiger partial charge in [0.1, 0.15) is 6.04 Å². The van der Waals surface area contributed by atoms with Crippen LogP contribution in [0.2, 0.25) is 5.02 Å². The van der Waals surface area contributed by atoms with Crippen molar-refractivity contribution in [3.8, 4) is 0 Å². The first-order valence-corrected chi connectivity index (χ1v) is 8.52.